The maximum Gasteiger partial charge on any atom is 0.354 e. The van der Waals surface area contributed by atoms with Crippen LogP contribution < -0.4 is 0 Å². The lowest BCUT2D eigenvalue weighted by molar-refractivity contribution is -0.137. The number of nitrogens with zero attached hydrogens (tertiary/aromatic N) is 1. The van der Waals surface area contributed by atoms with E-state index in [9.17, 15) is 9.59 Å². The average Bonchev–Trinajstić information content (AvgIpc) is 2.95. The molecule has 0 amide bonds. The molecule has 0 unspecified atom stereocenters. The van der Waals surface area contributed by atoms with Crippen LogP contribution in [0.5, 0.6) is 0 Å². The number of carbonyl (C=O) groups is 2. The lowest BCUT2D eigenvalue weighted by Gasteiger charge is -2.14. The highest BCUT2D eigenvalue weighted by Gasteiger charge is 2.29. The Kier molecular flexibility index (Phi) is 3.28. The van der Waals surface area contributed by atoms with Crippen LogP contribution in [-0.4, -0.2) is 37.9 Å². The molecule has 0 aliphatic heterocycles. The molecule has 1 rings (SSSR count). The summed E-state index contributed by atoms with van der Waals surface area (Å²) in [7, 11) is 4.73. The van der Waals surface area contributed by atoms with Crippen LogP contribution in [0.15, 0.2) is 11.8 Å². The normalized spacial score (nSPS) is 16.4. The van der Waals surface area contributed by atoms with E-state index in [1.165, 1.54) is 13.2 Å². The first kappa shape index (κ1) is 10.8. The zero-order valence-electron chi connectivity index (χ0n) is 8.74. The summed E-state index contributed by atoms with van der Waals surface area (Å²) in [5.74, 6) is -0.308. The fourth-order valence-corrected chi connectivity index (χ4v) is 1.10. The number of hydrogen-bond donors (Lipinski definition) is 0. The Morgan fingerprint density at radius 1 is 1.36 bits per heavy atom. The van der Waals surface area contributed by atoms with E-state index in [2.05, 4.69) is 4.74 Å². The lowest BCUT2D eigenvalue weighted by Crippen LogP contribution is -2.21. The molecule has 0 aromatic carbocycles. The molecule has 1 fully saturated rings. The fourth-order valence-electron chi connectivity index (χ4n) is 1.10. The van der Waals surface area contributed by atoms with Gasteiger partial charge in [0.05, 0.1) is 7.11 Å². The van der Waals surface area contributed by atoms with E-state index in [1.807, 2.05) is 0 Å². The second-order valence-corrected chi connectivity index (χ2v) is 3.59. The zero-order chi connectivity index (χ0) is 10.7. The van der Waals surface area contributed by atoms with Crippen molar-refractivity contribution in [2.75, 3.05) is 21.2 Å². The van der Waals surface area contributed by atoms with Crippen molar-refractivity contribution < 1.29 is 14.3 Å². The molecule has 0 heterocycles. The van der Waals surface area contributed by atoms with Gasteiger partial charge in [-0.1, -0.05) is 0 Å². The van der Waals surface area contributed by atoms with Crippen molar-refractivity contribution in [1.82, 2.24) is 4.90 Å². The van der Waals surface area contributed by atoms with Crippen molar-refractivity contribution in [1.29, 1.82) is 0 Å². The summed E-state index contributed by atoms with van der Waals surface area (Å²) in [5, 5.41) is 0. The number of esters is 1. The Hall–Kier alpha value is -1.32. The molecule has 0 atom stereocenters. The maximum absolute atomic E-state index is 11.4. The minimum Gasteiger partial charge on any atom is -0.464 e. The third-order valence-electron chi connectivity index (χ3n) is 2.14. The molecule has 78 valence electrons. The first-order valence-corrected chi connectivity index (χ1v) is 4.57. The predicted octanol–water partition coefficient (Wildman–Crippen LogP) is 0.584. The van der Waals surface area contributed by atoms with Crippen molar-refractivity contribution >= 4 is 11.8 Å². The summed E-state index contributed by atoms with van der Waals surface area (Å²) < 4.78 is 4.57. The second kappa shape index (κ2) is 4.26. The minimum absolute atomic E-state index is 0.0269. The summed E-state index contributed by atoms with van der Waals surface area (Å²) in [4.78, 5) is 24.3. The summed E-state index contributed by atoms with van der Waals surface area (Å²) in [6, 6.07) is 0. The van der Waals surface area contributed by atoms with Crippen LogP contribution in [0.3, 0.4) is 0 Å². The number of methoxy groups -OCH3 is 1. The van der Waals surface area contributed by atoms with Gasteiger partial charge in [0.1, 0.15) is 5.70 Å². The molecule has 0 aromatic heterocycles. The van der Waals surface area contributed by atoms with Crippen LogP contribution in [0.2, 0.25) is 0 Å². The molecule has 1 aliphatic rings. The van der Waals surface area contributed by atoms with Crippen LogP contribution in [0.4, 0.5) is 0 Å². The topological polar surface area (TPSA) is 46.6 Å². The highest BCUT2D eigenvalue weighted by Crippen LogP contribution is 2.30. The largest absolute Gasteiger partial charge is 0.464 e. The van der Waals surface area contributed by atoms with E-state index >= 15 is 0 Å². The molecular formula is C10H15NO3. The monoisotopic (exact) mass is 197 g/mol. The third kappa shape index (κ3) is 2.58. The lowest BCUT2D eigenvalue weighted by atomic mass is 10.2. The Morgan fingerprint density at radius 2 is 1.93 bits per heavy atom. The molecule has 0 radical (unpaired) electrons. The summed E-state index contributed by atoms with van der Waals surface area (Å²) in [6.07, 6.45) is 3.26. The van der Waals surface area contributed by atoms with Crippen molar-refractivity contribution in [3.63, 3.8) is 0 Å². The smallest absolute Gasteiger partial charge is 0.354 e. The molecule has 4 nitrogen and oxygen atoms in total. The molecule has 0 N–H and O–H groups in total. The first-order chi connectivity index (χ1) is 6.56. The van der Waals surface area contributed by atoms with Gasteiger partial charge in [-0.15, -0.1) is 0 Å². The van der Waals surface area contributed by atoms with Gasteiger partial charge >= 0.3 is 5.97 Å². The van der Waals surface area contributed by atoms with Crippen molar-refractivity contribution in [3.8, 4) is 0 Å². The molecule has 1 saturated carbocycles. The van der Waals surface area contributed by atoms with E-state index in [-0.39, 0.29) is 11.7 Å². The Labute approximate surface area is 83.5 Å². The van der Waals surface area contributed by atoms with Crippen molar-refractivity contribution in [3.05, 3.63) is 11.8 Å². The number of hydrogen-bond acceptors (Lipinski definition) is 4. The van der Waals surface area contributed by atoms with Gasteiger partial charge in [-0.2, -0.15) is 0 Å². The van der Waals surface area contributed by atoms with Crippen LogP contribution in [0.25, 0.3) is 0 Å². The van der Waals surface area contributed by atoms with E-state index < -0.39 is 5.97 Å². The van der Waals surface area contributed by atoms with Crippen molar-refractivity contribution in [2.24, 2.45) is 5.92 Å². The van der Waals surface area contributed by atoms with Gasteiger partial charge in [-0.05, 0) is 12.8 Å². The molecular weight excluding hydrogens is 182 g/mol. The minimum atomic E-state index is -0.469. The van der Waals surface area contributed by atoms with Gasteiger partial charge in [-0.25, -0.2) is 4.79 Å². The fraction of sp³-hybridized carbons (Fsp3) is 0.600. The molecule has 1 aliphatic carbocycles. The number of ether oxygens (including phenoxy) is 1. The van der Waals surface area contributed by atoms with Gasteiger partial charge in [0.2, 0.25) is 0 Å². The van der Waals surface area contributed by atoms with Gasteiger partial charge in [0.15, 0.2) is 5.78 Å². The summed E-state index contributed by atoms with van der Waals surface area (Å²) in [6.45, 7) is 0. The number of carbonyl (C=O) groups excluding carboxylic acids is 2. The Bertz CT molecular complexity index is 277. The average molecular weight is 197 g/mol. The highest BCUT2D eigenvalue weighted by molar-refractivity contribution is 6.00. The molecule has 0 aromatic rings. The Morgan fingerprint density at radius 3 is 2.29 bits per heavy atom. The summed E-state index contributed by atoms with van der Waals surface area (Å²) in [5.41, 5.74) is 0.310. The van der Waals surface area contributed by atoms with Gasteiger partial charge in [0, 0.05) is 26.1 Å². The van der Waals surface area contributed by atoms with Crippen LogP contribution >= 0.6 is 0 Å². The molecule has 0 spiro atoms. The standard InChI is InChI=1S/C10H15NO3/c1-11(2)8(10(13)14-3)6-9(12)7-4-5-7/h6-7H,4-5H2,1-3H3. The zero-order valence-corrected chi connectivity index (χ0v) is 8.74. The summed E-state index contributed by atoms with van der Waals surface area (Å²) >= 11 is 0. The van der Waals surface area contributed by atoms with Crippen LogP contribution in [0, 0.1) is 5.92 Å². The quantitative estimate of drug-likeness (QED) is 0.488. The van der Waals surface area contributed by atoms with E-state index in [0.717, 1.165) is 12.8 Å². The van der Waals surface area contributed by atoms with Gasteiger partial charge in [-0.3, -0.25) is 4.79 Å². The maximum atomic E-state index is 11.4. The highest BCUT2D eigenvalue weighted by atomic mass is 16.5. The van der Waals surface area contributed by atoms with Crippen molar-refractivity contribution in [2.45, 2.75) is 12.8 Å². The molecule has 0 bridgehead atoms. The Balaban J connectivity index is 2.74. The number of rotatable bonds is 4. The second-order valence-electron chi connectivity index (χ2n) is 3.59. The predicted molar refractivity (Wildman–Crippen MR) is 51.5 cm³/mol. The molecule has 14 heavy (non-hydrogen) atoms. The molecule has 0 saturated heterocycles. The third-order valence-corrected chi connectivity index (χ3v) is 2.14. The van der Waals surface area contributed by atoms with Crippen LogP contribution in [-0.2, 0) is 14.3 Å². The van der Waals surface area contributed by atoms with E-state index in [1.54, 1.807) is 19.0 Å². The van der Waals surface area contributed by atoms with Gasteiger partial charge < -0.3 is 9.64 Å². The number of ketones is 1. The van der Waals surface area contributed by atoms with Gasteiger partial charge in [0.25, 0.3) is 0 Å². The number of likely N-dealkylation sites (N-methyl/N-ethyl adjacent to an activating group) is 1. The van der Waals surface area contributed by atoms with Crippen LogP contribution in [0.1, 0.15) is 12.8 Å². The molecule has 4 heteroatoms. The first-order valence-electron chi connectivity index (χ1n) is 4.57. The SMILES string of the molecule is COC(=O)C(=CC(=O)C1CC1)N(C)C. The van der Waals surface area contributed by atoms with E-state index in [0.29, 0.717) is 5.70 Å². The number of allylic oxidation sites excluding steroid dienone is 1. The van der Waals surface area contributed by atoms with E-state index in [4.69, 9.17) is 0 Å².